The fourth-order valence-electron chi connectivity index (χ4n) is 3.73. The van der Waals surface area contributed by atoms with Gasteiger partial charge in [-0.3, -0.25) is 0 Å². The summed E-state index contributed by atoms with van der Waals surface area (Å²) in [4.78, 5) is 0. The maximum atomic E-state index is 13.4. The van der Waals surface area contributed by atoms with E-state index in [2.05, 4.69) is 5.32 Å². The van der Waals surface area contributed by atoms with Crippen LogP contribution in [0.4, 0.5) is 8.78 Å². The minimum Gasteiger partial charge on any atom is -0.377 e. The zero-order chi connectivity index (χ0) is 16.2. The van der Waals surface area contributed by atoms with Gasteiger partial charge in [0.15, 0.2) is 11.6 Å². The van der Waals surface area contributed by atoms with Gasteiger partial charge in [0, 0.05) is 12.1 Å². The molecule has 1 saturated heterocycles. The number of nitrogens with one attached hydrogen (secondary N) is 1. The summed E-state index contributed by atoms with van der Waals surface area (Å²) in [6.07, 6.45) is 6.30. The molecule has 3 rings (SSSR count). The summed E-state index contributed by atoms with van der Waals surface area (Å²) in [7, 11) is 0. The van der Waals surface area contributed by atoms with Gasteiger partial charge in [-0.05, 0) is 68.7 Å². The van der Waals surface area contributed by atoms with Crippen LogP contribution in [0.2, 0.25) is 0 Å². The number of rotatable bonds is 4. The monoisotopic (exact) mass is 324 g/mol. The summed E-state index contributed by atoms with van der Waals surface area (Å²) in [5, 5.41) is 3.43. The van der Waals surface area contributed by atoms with Crippen molar-refractivity contribution < 1.29 is 13.5 Å². The first kappa shape index (κ1) is 16.8. The van der Waals surface area contributed by atoms with Crippen molar-refractivity contribution in [3.05, 3.63) is 35.4 Å². The molecule has 1 heterocycles. The van der Waals surface area contributed by atoms with Crippen molar-refractivity contribution in [2.75, 3.05) is 13.2 Å². The van der Waals surface area contributed by atoms with Gasteiger partial charge < -0.3 is 15.8 Å². The second-order valence-electron chi connectivity index (χ2n) is 6.85. The number of piperidine rings is 1. The van der Waals surface area contributed by atoms with Crippen molar-refractivity contribution in [2.24, 2.45) is 5.73 Å². The molecule has 0 radical (unpaired) electrons. The van der Waals surface area contributed by atoms with Crippen LogP contribution in [-0.4, -0.2) is 31.3 Å². The molecule has 1 aromatic carbocycles. The Hall–Kier alpha value is -1.04. The molecular weight excluding hydrogens is 298 g/mol. The van der Waals surface area contributed by atoms with Crippen molar-refractivity contribution in [2.45, 2.75) is 62.6 Å². The van der Waals surface area contributed by atoms with Gasteiger partial charge in [-0.25, -0.2) is 8.78 Å². The molecule has 0 amide bonds. The van der Waals surface area contributed by atoms with Crippen molar-refractivity contribution in [3.8, 4) is 0 Å². The van der Waals surface area contributed by atoms with E-state index in [-0.39, 0.29) is 18.2 Å². The van der Waals surface area contributed by atoms with Crippen LogP contribution < -0.4 is 11.1 Å². The van der Waals surface area contributed by atoms with Crippen LogP contribution in [0.15, 0.2) is 18.2 Å². The largest absolute Gasteiger partial charge is 0.377 e. The van der Waals surface area contributed by atoms with E-state index < -0.39 is 11.6 Å². The quantitative estimate of drug-likeness (QED) is 0.895. The van der Waals surface area contributed by atoms with Crippen molar-refractivity contribution in [1.82, 2.24) is 5.32 Å². The summed E-state index contributed by atoms with van der Waals surface area (Å²) < 4.78 is 32.4. The molecule has 3 nitrogen and oxygen atoms in total. The zero-order valence-corrected chi connectivity index (χ0v) is 13.4. The Balaban J connectivity index is 1.45. The molecule has 2 unspecified atom stereocenters. The highest BCUT2D eigenvalue weighted by Crippen LogP contribution is 2.34. The number of benzene rings is 1. The number of hydrogen-bond acceptors (Lipinski definition) is 3. The third-order valence-electron chi connectivity index (χ3n) is 5.24. The zero-order valence-electron chi connectivity index (χ0n) is 13.4. The molecule has 0 spiro atoms. The average Bonchev–Trinajstić information content (AvgIpc) is 2.57. The van der Waals surface area contributed by atoms with Gasteiger partial charge >= 0.3 is 0 Å². The maximum Gasteiger partial charge on any atom is 0.159 e. The molecule has 2 fully saturated rings. The fourth-order valence-corrected chi connectivity index (χ4v) is 3.73. The van der Waals surface area contributed by atoms with Gasteiger partial charge in [0.1, 0.15) is 0 Å². The van der Waals surface area contributed by atoms with Crippen molar-refractivity contribution in [1.29, 1.82) is 0 Å². The minimum absolute atomic E-state index is 0.183. The number of hydrogen-bond donors (Lipinski definition) is 2. The summed E-state index contributed by atoms with van der Waals surface area (Å²) in [6, 6.07) is 4.71. The normalized spacial score (nSPS) is 32.0. The molecule has 2 atom stereocenters. The Kier molecular flexibility index (Phi) is 5.62. The molecule has 0 bridgehead atoms. The van der Waals surface area contributed by atoms with Crippen LogP contribution in [0.3, 0.4) is 0 Å². The van der Waals surface area contributed by atoms with Crippen LogP contribution in [0, 0.1) is 11.6 Å². The lowest BCUT2D eigenvalue weighted by molar-refractivity contribution is 0.00618. The molecule has 1 saturated carbocycles. The fraction of sp³-hybridized carbons (Fsp3) is 0.667. The van der Waals surface area contributed by atoms with Crippen molar-refractivity contribution >= 4 is 0 Å². The van der Waals surface area contributed by atoms with E-state index in [0.717, 1.165) is 50.6 Å². The maximum absolute atomic E-state index is 13.4. The molecule has 2 aliphatic rings. The van der Waals surface area contributed by atoms with Gasteiger partial charge in [0.25, 0.3) is 0 Å². The Bertz CT molecular complexity index is 518. The topological polar surface area (TPSA) is 47.3 Å². The van der Waals surface area contributed by atoms with Crippen LogP contribution in [0.25, 0.3) is 0 Å². The van der Waals surface area contributed by atoms with Crippen molar-refractivity contribution in [3.63, 3.8) is 0 Å². The molecule has 1 aromatic rings. The molecule has 128 valence electrons. The van der Waals surface area contributed by atoms with Gasteiger partial charge in [0.05, 0.1) is 12.7 Å². The predicted octanol–water partition coefficient (Wildman–Crippen LogP) is 3.09. The highest BCUT2D eigenvalue weighted by Gasteiger charge is 2.26. The van der Waals surface area contributed by atoms with E-state index in [9.17, 15) is 8.78 Å². The highest BCUT2D eigenvalue weighted by molar-refractivity contribution is 5.22. The molecule has 1 aliphatic heterocycles. The van der Waals surface area contributed by atoms with E-state index in [1.807, 2.05) is 0 Å². The molecule has 0 aromatic heterocycles. The third kappa shape index (κ3) is 4.28. The summed E-state index contributed by atoms with van der Waals surface area (Å²) in [5.41, 5.74) is 7.01. The molecule has 3 N–H and O–H groups in total. The van der Waals surface area contributed by atoms with Crippen LogP contribution in [0.1, 0.15) is 50.0 Å². The van der Waals surface area contributed by atoms with Gasteiger partial charge in [0.2, 0.25) is 0 Å². The first-order chi connectivity index (χ1) is 11.1. The Morgan fingerprint density at radius 1 is 1.09 bits per heavy atom. The van der Waals surface area contributed by atoms with Crippen LogP contribution in [0.5, 0.6) is 0 Å². The predicted molar refractivity (Wildman–Crippen MR) is 86.3 cm³/mol. The van der Waals surface area contributed by atoms with Gasteiger partial charge in [-0.1, -0.05) is 6.07 Å². The smallest absolute Gasteiger partial charge is 0.159 e. The second kappa shape index (κ2) is 7.69. The number of halogens is 2. The SMILES string of the molecule is NC1CCCNC1COC1CCC(c2ccc(F)c(F)c2)CC1. The van der Waals surface area contributed by atoms with Gasteiger partial charge in [-0.15, -0.1) is 0 Å². The first-order valence-corrected chi connectivity index (χ1v) is 8.69. The van der Waals surface area contributed by atoms with E-state index in [4.69, 9.17) is 10.5 Å². The second-order valence-corrected chi connectivity index (χ2v) is 6.85. The average molecular weight is 324 g/mol. The lowest BCUT2D eigenvalue weighted by Gasteiger charge is -2.33. The lowest BCUT2D eigenvalue weighted by Crippen LogP contribution is -2.52. The lowest BCUT2D eigenvalue weighted by atomic mass is 9.82. The van der Waals surface area contributed by atoms with Crippen LogP contribution in [-0.2, 0) is 4.74 Å². The Morgan fingerprint density at radius 3 is 2.57 bits per heavy atom. The Morgan fingerprint density at radius 2 is 1.87 bits per heavy atom. The Labute approximate surface area is 136 Å². The highest BCUT2D eigenvalue weighted by atomic mass is 19.2. The molecule has 5 heteroatoms. The molecular formula is C18H26F2N2O. The van der Waals surface area contributed by atoms with E-state index in [1.54, 1.807) is 6.07 Å². The molecule has 23 heavy (non-hydrogen) atoms. The summed E-state index contributed by atoms with van der Waals surface area (Å²) >= 11 is 0. The number of nitrogens with two attached hydrogens (primary N) is 1. The van der Waals surface area contributed by atoms with E-state index in [1.165, 1.54) is 12.1 Å². The van der Waals surface area contributed by atoms with Crippen LogP contribution >= 0.6 is 0 Å². The third-order valence-corrected chi connectivity index (χ3v) is 5.24. The number of ether oxygens (including phenoxy) is 1. The minimum atomic E-state index is -0.776. The summed E-state index contributed by atoms with van der Waals surface area (Å²) in [5.74, 6) is -1.22. The standard InChI is InChI=1S/C18H26F2N2O/c19-15-8-5-13(10-16(15)20)12-3-6-14(7-4-12)23-11-18-17(21)2-1-9-22-18/h5,8,10,12,14,17-18,22H,1-4,6-7,9,11,21H2. The van der Waals surface area contributed by atoms with Gasteiger partial charge in [-0.2, -0.15) is 0 Å². The molecule has 1 aliphatic carbocycles. The first-order valence-electron chi connectivity index (χ1n) is 8.69. The van der Waals surface area contributed by atoms with E-state index in [0.29, 0.717) is 12.5 Å². The van der Waals surface area contributed by atoms with E-state index >= 15 is 0 Å². The summed E-state index contributed by atoms with van der Waals surface area (Å²) in [6.45, 7) is 1.69.